The molecule has 17 heteroatoms. The van der Waals surface area contributed by atoms with Crippen LogP contribution in [0.15, 0.2) is 18.2 Å². The third-order valence-corrected chi connectivity index (χ3v) is 6.40. The molecule has 2 aromatic carbocycles. The molecule has 0 unspecified atom stereocenters. The lowest BCUT2D eigenvalue weighted by Crippen LogP contribution is -2.39. The van der Waals surface area contributed by atoms with Crippen molar-refractivity contribution in [3.05, 3.63) is 68.7 Å². The number of hydrogen-bond acceptors (Lipinski definition) is 13. The number of benzene rings is 2. The molecule has 43 heavy (non-hydrogen) atoms. The van der Waals surface area contributed by atoms with Crippen LogP contribution in [0.5, 0.6) is 0 Å². The number of aromatic nitrogens is 3. The second-order valence-corrected chi connectivity index (χ2v) is 8.88. The second kappa shape index (κ2) is 9.99. The van der Waals surface area contributed by atoms with Crippen LogP contribution in [0.2, 0.25) is 0 Å². The Balaban J connectivity index is 1.79. The molecular weight excluding hydrogens is 570 g/mol. The van der Waals surface area contributed by atoms with Crippen molar-refractivity contribution in [3.8, 4) is 18.2 Å². The Labute approximate surface area is 236 Å². The topological polar surface area (TPSA) is 264 Å². The van der Waals surface area contributed by atoms with E-state index < -0.39 is 45.3 Å². The third kappa shape index (κ3) is 4.19. The SMILES string of the molecule is N#Cc1cc2c3cc(NNC(N)=c4c(F)c(F)c(=C(N)N)c(F)c4F)c(C#N)nc3c3cc(C#N)c(N)nc3c2nc1N. The average Bonchev–Trinajstić information content (AvgIpc) is 2.98. The van der Waals surface area contributed by atoms with Crippen molar-refractivity contribution in [2.75, 3.05) is 16.9 Å². The Morgan fingerprint density at radius 3 is 1.65 bits per heavy atom. The Morgan fingerprint density at radius 1 is 0.651 bits per heavy atom. The molecule has 0 aliphatic rings. The molecule has 0 saturated heterocycles. The van der Waals surface area contributed by atoms with Crippen LogP contribution in [0.4, 0.5) is 34.9 Å². The van der Waals surface area contributed by atoms with Crippen LogP contribution in [0, 0.1) is 57.3 Å². The highest BCUT2D eigenvalue weighted by Gasteiger charge is 2.22. The molecule has 5 aromatic rings. The number of anilines is 3. The Morgan fingerprint density at radius 2 is 1.14 bits per heavy atom. The van der Waals surface area contributed by atoms with Crippen molar-refractivity contribution in [2.45, 2.75) is 0 Å². The fourth-order valence-electron chi connectivity index (χ4n) is 4.40. The molecule has 0 spiro atoms. The smallest absolute Gasteiger partial charge is 0.173 e. The summed E-state index contributed by atoms with van der Waals surface area (Å²) in [5.74, 6) is -9.70. The maximum atomic E-state index is 14.7. The van der Waals surface area contributed by atoms with Gasteiger partial charge >= 0.3 is 0 Å². The number of halogens is 4. The van der Waals surface area contributed by atoms with E-state index in [-0.39, 0.29) is 66.9 Å². The summed E-state index contributed by atoms with van der Waals surface area (Å²) in [6.45, 7) is 0. The maximum absolute atomic E-state index is 14.7. The quantitative estimate of drug-likeness (QED) is 0.0650. The van der Waals surface area contributed by atoms with Crippen molar-refractivity contribution in [1.29, 1.82) is 15.8 Å². The van der Waals surface area contributed by atoms with Gasteiger partial charge in [-0.2, -0.15) is 15.8 Å². The van der Waals surface area contributed by atoms with Gasteiger partial charge in [0.25, 0.3) is 0 Å². The minimum absolute atomic E-state index is 0.00171. The van der Waals surface area contributed by atoms with Gasteiger partial charge in [0.1, 0.15) is 47.0 Å². The van der Waals surface area contributed by atoms with E-state index >= 15 is 0 Å². The first kappa shape index (κ1) is 27.8. The largest absolute Gasteiger partial charge is 0.385 e. The van der Waals surface area contributed by atoms with Gasteiger partial charge in [0, 0.05) is 16.2 Å². The number of rotatable bonds is 3. The van der Waals surface area contributed by atoms with E-state index in [2.05, 4.69) is 25.8 Å². The summed E-state index contributed by atoms with van der Waals surface area (Å²) in [5, 5.41) is 27.0. The Bertz CT molecular complexity index is 2300. The highest BCUT2D eigenvalue weighted by atomic mass is 19.2. The first-order valence-corrected chi connectivity index (χ1v) is 11.7. The predicted octanol–water partition coefficient (Wildman–Crippen LogP) is 0.291. The van der Waals surface area contributed by atoms with Crippen LogP contribution < -0.4 is 50.0 Å². The van der Waals surface area contributed by atoms with Crippen LogP contribution in [-0.4, -0.2) is 15.0 Å². The molecule has 3 aromatic heterocycles. The number of nitriles is 3. The molecule has 0 bridgehead atoms. The molecular formula is C26H15F4N13. The van der Waals surface area contributed by atoms with Crippen molar-refractivity contribution >= 4 is 61.7 Å². The highest BCUT2D eigenvalue weighted by Crippen LogP contribution is 2.36. The van der Waals surface area contributed by atoms with Gasteiger partial charge in [0.15, 0.2) is 29.0 Å². The molecule has 0 atom stereocenters. The summed E-state index contributed by atoms with van der Waals surface area (Å²) in [4.78, 5) is 12.9. The average molecular weight is 585 g/mol. The lowest BCUT2D eigenvalue weighted by molar-refractivity contribution is 0.432. The van der Waals surface area contributed by atoms with E-state index in [0.29, 0.717) is 0 Å². The van der Waals surface area contributed by atoms with E-state index in [1.54, 1.807) is 0 Å². The van der Waals surface area contributed by atoms with Crippen LogP contribution in [0.25, 0.3) is 44.4 Å². The van der Waals surface area contributed by atoms with E-state index in [1.807, 2.05) is 18.2 Å². The van der Waals surface area contributed by atoms with Crippen molar-refractivity contribution in [2.24, 2.45) is 17.2 Å². The van der Waals surface area contributed by atoms with E-state index in [4.69, 9.17) is 28.7 Å². The first-order chi connectivity index (χ1) is 20.4. The number of fused-ring (bicyclic) bond motifs is 6. The van der Waals surface area contributed by atoms with Gasteiger partial charge in [0.2, 0.25) is 0 Å². The van der Waals surface area contributed by atoms with Gasteiger partial charge in [-0.3, -0.25) is 10.9 Å². The number of nitrogen functional groups attached to an aromatic ring is 2. The molecule has 0 amide bonds. The van der Waals surface area contributed by atoms with Crippen LogP contribution in [0.1, 0.15) is 16.8 Å². The van der Waals surface area contributed by atoms with Gasteiger partial charge in [-0.15, -0.1) is 0 Å². The zero-order chi connectivity index (χ0) is 31.3. The number of nitrogens with two attached hydrogens (primary N) is 5. The lowest BCUT2D eigenvalue weighted by Gasteiger charge is -2.15. The summed E-state index contributed by atoms with van der Waals surface area (Å²) in [7, 11) is 0. The summed E-state index contributed by atoms with van der Waals surface area (Å²) < 4.78 is 58.2. The third-order valence-electron chi connectivity index (χ3n) is 6.40. The number of nitrogens with zero attached hydrogens (tertiary/aromatic N) is 6. The molecule has 3 heterocycles. The Hall–Kier alpha value is -6.80. The maximum Gasteiger partial charge on any atom is 0.173 e. The summed E-state index contributed by atoms with van der Waals surface area (Å²) in [6.07, 6.45) is 0. The standard InChI is InChI=1S/C26H15F4N13/c27-16-14(23(34)35)17(28)19(30)15(18(16)29)26(38)43-42-12-3-10-9-1-7(4-31)24(36)40-21(9)22-11(20(10)39-13(12)6-33)2-8(5-32)25(37)41-22/h1-3,42-43H,34-35,38H2,(H2,36,40)(H2,37,41). The summed E-state index contributed by atoms with van der Waals surface area (Å²) in [6, 6.07) is 9.80. The molecule has 13 nitrogen and oxygen atoms in total. The Kier molecular flexibility index (Phi) is 6.45. The molecule has 212 valence electrons. The fourth-order valence-corrected chi connectivity index (χ4v) is 4.40. The monoisotopic (exact) mass is 585 g/mol. The van der Waals surface area contributed by atoms with E-state index in [9.17, 15) is 33.3 Å². The minimum Gasteiger partial charge on any atom is -0.385 e. The molecule has 0 radical (unpaired) electrons. The van der Waals surface area contributed by atoms with Crippen molar-refractivity contribution in [3.63, 3.8) is 0 Å². The number of nitrogens with one attached hydrogen (secondary N) is 2. The molecule has 0 aliphatic carbocycles. The second-order valence-electron chi connectivity index (χ2n) is 8.88. The molecule has 0 aliphatic heterocycles. The summed E-state index contributed by atoms with van der Waals surface area (Å²) in [5.41, 5.74) is 32.6. The van der Waals surface area contributed by atoms with E-state index in [0.717, 1.165) is 0 Å². The highest BCUT2D eigenvalue weighted by molar-refractivity contribution is 6.23. The van der Waals surface area contributed by atoms with Crippen LogP contribution in [-0.2, 0) is 0 Å². The van der Waals surface area contributed by atoms with Gasteiger partial charge in [-0.25, -0.2) is 32.5 Å². The number of hydrogen-bond donors (Lipinski definition) is 7. The molecule has 0 saturated carbocycles. The van der Waals surface area contributed by atoms with Crippen molar-refractivity contribution < 1.29 is 17.6 Å². The summed E-state index contributed by atoms with van der Waals surface area (Å²) >= 11 is 0. The molecule has 0 fully saturated rings. The minimum atomic E-state index is -1.89. The van der Waals surface area contributed by atoms with Gasteiger partial charge in [-0.1, -0.05) is 0 Å². The van der Waals surface area contributed by atoms with Gasteiger partial charge in [-0.05, 0) is 18.2 Å². The normalized spacial score (nSPS) is 10.7. The zero-order valence-corrected chi connectivity index (χ0v) is 21.3. The van der Waals surface area contributed by atoms with Crippen LogP contribution >= 0.6 is 0 Å². The number of hydrazine groups is 1. The van der Waals surface area contributed by atoms with Gasteiger partial charge < -0.3 is 28.7 Å². The molecule has 12 N–H and O–H groups in total. The molecule has 5 rings (SSSR count). The number of pyridine rings is 3. The van der Waals surface area contributed by atoms with Crippen molar-refractivity contribution in [1.82, 2.24) is 20.4 Å². The van der Waals surface area contributed by atoms with Crippen LogP contribution in [0.3, 0.4) is 0 Å². The lowest BCUT2D eigenvalue weighted by atomic mass is 10.00. The van der Waals surface area contributed by atoms with E-state index in [1.165, 1.54) is 18.2 Å². The predicted molar refractivity (Wildman–Crippen MR) is 147 cm³/mol. The van der Waals surface area contributed by atoms with Gasteiger partial charge in [0.05, 0.1) is 38.3 Å². The fraction of sp³-hybridized carbons (Fsp3) is 0. The zero-order valence-electron chi connectivity index (χ0n) is 21.3. The first-order valence-electron chi connectivity index (χ1n) is 11.7.